The Morgan fingerprint density at radius 3 is 2.58 bits per heavy atom. The van der Waals surface area contributed by atoms with Gasteiger partial charge in [-0.05, 0) is 26.0 Å². The molecule has 1 N–H and O–H groups in total. The van der Waals surface area contributed by atoms with E-state index in [1.165, 1.54) is 0 Å². The molecule has 0 fully saturated rings. The summed E-state index contributed by atoms with van der Waals surface area (Å²) in [5.74, 6) is -0.655. The average Bonchev–Trinajstić information content (AvgIpc) is 2.84. The quantitative estimate of drug-likeness (QED) is 0.924. The molecule has 0 aromatic carbocycles. The van der Waals surface area contributed by atoms with Gasteiger partial charge in [-0.2, -0.15) is 0 Å². The van der Waals surface area contributed by atoms with Crippen LogP contribution < -0.4 is 4.72 Å². The van der Waals surface area contributed by atoms with E-state index in [1.807, 2.05) is 0 Å². The molecule has 8 heteroatoms. The van der Waals surface area contributed by atoms with Crippen LogP contribution in [0.2, 0.25) is 0 Å². The maximum Gasteiger partial charge on any atom is 0.281 e. The van der Waals surface area contributed by atoms with Gasteiger partial charge in [0.15, 0.2) is 4.21 Å². The minimum absolute atomic E-state index is 0.0764. The molecule has 2 heterocycles. The Balaban J connectivity index is 2.30. The molecule has 6 nitrogen and oxygen atoms in total. The van der Waals surface area contributed by atoms with E-state index in [4.69, 9.17) is 0 Å². The number of rotatable bonds is 3. The van der Waals surface area contributed by atoms with Crippen molar-refractivity contribution >= 4 is 27.3 Å². The second kappa shape index (κ2) is 4.78. The number of sulfonamides is 1. The zero-order chi connectivity index (χ0) is 14.2. The molecule has 0 unspecified atom stereocenters. The summed E-state index contributed by atoms with van der Waals surface area (Å²) < 4.78 is 27.9. The van der Waals surface area contributed by atoms with Gasteiger partial charge in [0.2, 0.25) is 0 Å². The van der Waals surface area contributed by atoms with Gasteiger partial charge >= 0.3 is 0 Å². The lowest BCUT2D eigenvalue weighted by Crippen LogP contribution is -2.31. The molecule has 0 spiro atoms. The van der Waals surface area contributed by atoms with E-state index < -0.39 is 15.9 Å². The number of amides is 1. The first-order valence-electron chi connectivity index (χ1n) is 5.44. The van der Waals surface area contributed by atoms with Crippen LogP contribution in [0.4, 0.5) is 0 Å². The Labute approximate surface area is 115 Å². The summed E-state index contributed by atoms with van der Waals surface area (Å²) in [5, 5.41) is 0.643. The lowest BCUT2D eigenvalue weighted by atomic mass is 10.4. The minimum Gasteiger partial charge on any atom is -0.347 e. The Bertz CT molecular complexity index is 728. The Kier molecular flexibility index (Phi) is 3.46. The number of nitrogens with one attached hydrogen (secondary N) is 1. The molecule has 2 rings (SSSR count). The van der Waals surface area contributed by atoms with Gasteiger partial charge < -0.3 is 4.57 Å². The van der Waals surface area contributed by atoms with Crippen molar-refractivity contribution in [2.75, 3.05) is 0 Å². The maximum atomic E-state index is 12.1. The number of nitrogens with zero attached hydrogens (tertiary/aromatic N) is 2. The molecular weight excluding hydrogens is 286 g/mol. The van der Waals surface area contributed by atoms with Crippen molar-refractivity contribution < 1.29 is 13.2 Å². The van der Waals surface area contributed by atoms with E-state index in [0.29, 0.717) is 10.7 Å². The topological polar surface area (TPSA) is 81.1 Å². The van der Waals surface area contributed by atoms with Gasteiger partial charge in [0, 0.05) is 13.2 Å². The molecule has 0 aliphatic heterocycles. The number of thiazole rings is 1. The van der Waals surface area contributed by atoms with E-state index >= 15 is 0 Å². The minimum atomic E-state index is -3.87. The molecule has 19 heavy (non-hydrogen) atoms. The second-order valence-electron chi connectivity index (χ2n) is 4.04. The van der Waals surface area contributed by atoms with Crippen molar-refractivity contribution in [3.05, 3.63) is 34.7 Å². The first-order chi connectivity index (χ1) is 8.81. The van der Waals surface area contributed by atoms with Crippen LogP contribution in [0.5, 0.6) is 0 Å². The fourth-order valence-electron chi connectivity index (χ4n) is 1.68. The maximum absolute atomic E-state index is 12.1. The second-order valence-corrected chi connectivity index (χ2v) is 7.13. The van der Waals surface area contributed by atoms with Crippen LogP contribution in [0.3, 0.4) is 0 Å². The highest BCUT2D eigenvalue weighted by molar-refractivity contribution is 7.92. The molecule has 1 amide bonds. The molecule has 102 valence electrons. The smallest absolute Gasteiger partial charge is 0.281 e. The third-order valence-electron chi connectivity index (χ3n) is 2.51. The summed E-state index contributed by atoms with van der Waals surface area (Å²) in [6.45, 7) is 3.32. The highest BCUT2D eigenvalue weighted by atomic mass is 32.2. The summed E-state index contributed by atoms with van der Waals surface area (Å²) in [6, 6.07) is 3.22. The SMILES string of the molecule is Cc1nc(C)c(S(=O)(=O)NC(=O)c2cccn2C)s1. The molecule has 0 atom stereocenters. The van der Waals surface area contributed by atoms with Crippen LogP contribution >= 0.6 is 11.3 Å². The van der Waals surface area contributed by atoms with Crippen LogP contribution in [0.15, 0.2) is 22.5 Å². The fraction of sp³-hybridized carbons (Fsp3) is 0.273. The number of aromatic nitrogens is 2. The molecule has 0 saturated carbocycles. The van der Waals surface area contributed by atoms with Crippen molar-refractivity contribution in [1.82, 2.24) is 14.3 Å². The number of carbonyl (C=O) groups excluding carboxylic acids is 1. The normalized spacial score (nSPS) is 11.5. The molecule has 0 aliphatic carbocycles. The Hall–Kier alpha value is -1.67. The van der Waals surface area contributed by atoms with Crippen LogP contribution in [0.25, 0.3) is 0 Å². The van der Waals surface area contributed by atoms with E-state index in [2.05, 4.69) is 9.71 Å². The molecule has 0 saturated heterocycles. The van der Waals surface area contributed by atoms with Gasteiger partial charge in [0.1, 0.15) is 5.69 Å². The van der Waals surface area contributed by atoms with Crippen LogP contribution in [0, 0.1) is 13.8 Å². The van der Waals surface area contributed by atoms with Crippen LogP contribution in [-0.4, -0.2) is 23.9 Å². The standard InChI is InChI=1S/C11H13N3O3S2/c1-7-11(18-8(2)12-7)19(16,17)13-10(15)9-5-4-6-14(9)3/h4-6H,1-3H3,(H,13,15). The summed E-state index contributed by atoms with van der Waals surface area (Å²) in [5.41, 5.74) is 0.678. The van der Waals surface area contributed by atoms with Crippen molar-refractivity contribution in [2.45, 2.75) is 18.1 Å². The fourth-order valence-corrected chi connectivity index (χ4v) is 4.13. The largest absolute Gasteiger partial charge is 0.347 e. The van der Waals surface area contributed by atoms with Crippen LogP contribution in [0.1, 0.15) is 21.2 Å². The third-order valence-corrected chi connectivity index (χ3v) is 5.52. The predicted molar refractivity (Wildman–Crippen MR) is 71.7 cm³/mol. The Morgan fingerprint density at radius 2 is 2.11 bits per heavy atom. The summed E-state index contributed by atoms with van der Waals surface area (Å²) in [7, 11) is -2.20. The number of aryl methyl sites for hydroxylation is 3. The van der Waals surface area contributed by atoms with Gasteiger partial charge in [-0.3, -0.25) is 4.79 Å². The van der Waals surface area contributed by atoms with Gasteiger partial charge in [0.25, 0.3) is 15.9 Å². The van der Waals surface area contributed by atoms with Crippen molar-refractivity contribution in [1.29, 1.82) is 0 Å². The highest BCUT2D eigenvalue weighted by Gasteiger charge is 2.24. The third kappa shape index (κ3) is 2.69. The molecule has 0 bridgehead atoms. The monoisotopic (exact) mass is 299 g/mol. The van der Waals surface area contributed by atoms with Gasteiger partial charge in [-0.1, -0.05) is 0 Å². The lowest BCUT2D eigenvalue weighted by molar-refractivity contribution is 0.0973. The number of carbonyl (C=O) groups is 1. The number of hydrogen-bond donors (Lipinski definition) is 1. The first kappa shape index (κ1) is 13.8. The average molecular weight is 299 g/mol. The van der Waals surface area contributed by atoms with Crippen molar-refractivity contribution in [3.63, 3.8) is 0 Å². The number of hydrogen-bond acceptors (Lipinski definition) is 5. The molecule has 2 aromatic rings. The van der Waals surface area contributed by atoms with E-state index in [1.54, 1.807) is 43.8 Å². The van der Waals surface area contributed by atoms with E-state index in [9.17, 15) is 13.2 Å². The molecule has 0 radical (unpaired) electrons. The highest BCUT2D eigenvalue weighted by Crippen LogP contribution is 2.22. The predicted octanol–water partition coefficient (Wildman–Crippen LogP) is 1.22. The summed E-state index contributed by atoms with van der Waals surface area (Å²) in [6.07, 6.45) is 1.67. The molecule has 2 aromatic heterocycles. The van der Waals surface area contributed by atoms with Crippen molar-refractivity contribution in [2.24, 2.45) is 7.05 Å². The summed E-state index contributed by atoms with van der Waals surface area (Å²) >= 11 is 1.04. The zero-order valence-corrected chi connectivity index (χ0v) is 12.3. The molecule has 0 aliphatic rings. The lowest BCUT2D eigenvalue weighted by Gasteiger charge is -2.06. The van der Waals surface area contributed by atoms with Crippen LogP contribution in [-0.2, 0) is 17.1 Å². The van der Waals surface area contributed by atoms with E-state index in [0.717, 1.165) is 11.3 Å². The Morgan fingerprint density at radius 1 is 1.42 bits per heavy atom. The zero-order valence-electron chi connectivity index (χ0n) is 10.7. The van der Waals surface area contributed by atoms with E-state index in [-0.39, 0.29) is 9.90 Å². The molecular formula is C11H13N3O3S2. The van der Waals surface area contributed by atoms with Gasteiger partial charge in [0.05, 0.1) is 10.7 Å². The van der Waals surface area contributed by atoms with Gasteiger partial charge in [-0.25, -0.2) is 18.1 Å². The first-order valence-corrected chi connectivity index (χ1v) is 7.74. The summed E-state index contributed by atoms with van der Waals surface area (Å²) in [4.78, 5) is 16.0. The van der Waals surface area contributed by atoms with Gasteiger partial charge in [-0.15, -0.1) is 11.3 Å². The van der Waals surface area contributed by atoms with Crippen molar-refractivity contribution in [3.8, 4) is 0 Å².